The molecule has 0 fully saturated rings. The number of furan rings is 1. The van der Waals surface area contributed by atoms with Gasteiger partial charge >= 0.3 is 0 Å². The zero-order valence-electron chi connectivity index (χ0n) is 8.71. The molecule has 1 aromatic carbocycles. The Morgan fingerprint density at radius 2 is 2.18 bits per heavy atom. The molecule has 0 aliphatic rings. The molecule has 3 nitrogen and oxygen atoms in total. The summed E-state index contributed by atoms with van der Waals surface area (Å²) in [5.74, 6) is 1.06. The molecule has 0 amide bonds. The van der Waals surface area contributed by atoms with Crippen LogP contribution in [0, 0.1) is 14.9 Å². The third kappa shape index (κ3) is 3.14. The minimum atomic E-state index is 0.326. The van der Waals surface area contributed by atoms with Gasteiger partial charge in [0.05, 0.1) is 6.54 Å². The highest BCUT2D eigenvalue weighted by atomic mass is 127. The van der Waals surface area contributed by atoms with Crippen molar-refractivity contribution in [2.75, 3.05) is 5.32 Å². The van der Waals surface area contributed by atoms with Crippen LogP contribution in [0.15, 0.2) is 34.7 Å². The van der Waals surface area contributed by atoms with E-state index in [1.54, 1.807) is 12.1 Å². The third-order valence-electron chi connectivity index (χ3n) is 2.16. The van der Waals surface area contributed by atoms with E-state index in [-0.39, 0.29) is 0 Å². The third-order valence-corrected chi connectivity index (χ3v) is 3.28. The zero-order chi connectivity index (χ0) is 12.3. The molecule has 1 heterocycles. The predicted molar refractivity (Wildman–Crippen MR) is 74.9 cm³/mol. The molecule has 0 spiro atoms. The first-order valence-electron chi connectivity index (χ1n) is 4.87. The summed E-state index contributed by atoms with van der Waals surface area (Å²) in [7, 11) is 0. The van der Waals surface area contributed by atoms with Crippen molar-refractivity contribution >= 4 is 39.9 Å². The van der Waals surface area contributed by atoms with Crippen LogP contribution in [0.4, 0.5) is 5.69 Å². The van der Waals surface area contributed by atoms with Crippen LogP contribution in [0.2, 0.25) is 5.02 Å². The lowest BCUT2D eigenvalue weighted by molar-refractivity contribution is 0.506. The summed E-state index contributed by atoms with van der Waals surface area (Å²) >= 11 is 8.08. The van der Waals surface area contributed by atoms with Crippen LogP contribution >= 0.6 is 34.2 Å². The van der Waals surface area contributed by atoms with Crippen LogP contribution in [-0.4, -0.2) is 0 Å². The molecule has 2 aromatic rings. The van der Waals surface area contributed by atoms with Crippen molar-refractivity contribution in [1.82, 2.24) is 0 Å². The minimum Gasteiger partial charge on any atom is -0.449 e. The van der Waals surface area contributed by atoms with Crippen molar-refractivity contribution in [1.29, 1.82) is 5.26 Å². The van der Waals surface area contributed by atoms with Crippen LogP contribution in [0.3, 0.4) is 0 Å². The summed E-state index contributed by atoms with van der Waals surface area (Å²) in [5, 5.41) is 12.6. The maximum Gasteiger partial charge on any atom is 0.203 e. The Balaban J connectivity index is 2.05. The number of nitrogens with one attached hydrogen (secondary N) is 1. The molecular weight excluding hydrogens is 351 g/mol. The highest BCUT2D eigenvalue weighted by molar-refractivity contribution is 14.1. The molecule has 17 heavy (non-hydrogen) atoms. The second-order valence-electron chi connectivity index (χ2n) is 3.36. The predicted octanol–water partition coefficient (Wildman–Crippen LogP) is 4.02. The van der Waals surface area contributed by atoms with E-state index in [9.17, 15) is 0 Å². The summed E-state index contributed by atoms with van der Waals surface area (Å²) < 4.78 is 6.31. The number of anilines is 1. The fourth-order valence-electron chi connectivity index (χ4n) is 1.35. The quantitative estimate of drug-likeness (QED) is 0.843. The molecule has 86 valence electrons. The van der Waals surface area contributed by atoms with E-state index in [1.165, 1.54) is 0 Å². The Hall–Kier alpha value is -1.19. The molecule has 5 heteroatoms. The lowest BCUT2D eigenvalue weighted by Crippen LogP contribution is -1.99. The van der Waals surface area contributed by atoms with Crippen molar-refractivity contribution in [3.8, 4) is 6.07 Å². The number of nitrogens with zero attached hydrogens (tertiary/aromatic N) is 1. The SMILES string of the molecule is N#Cc1ccc(CNc2ccc(Cl)cc2I)o1. The molecule has 0 radical (unpaired) electrons. The van der Waals surface area contributed by atoms with Crippen LogP contribution < -0.4 is 5.32 Å². The first-order chi connectivity index (χ1) is 8.19. The maximum atomic E-state index is 8.63. The molecule has 0 atom stereocenters. The summed E-state index contributed by atoms with van der Waals surface area (Å²) in [6.07, 6.45) is 0. The van der Waals surface area contributed by atoms with E-state index in [2.05, 4.69) is 27.9 Å². The van der Waals surface area contributed by atoms with Gasteiger partial charge < -0.3 is 9.73 Å². The summed E-state index contributed by atoms with van der Waals surface area (Å²) in [6.45, 7) is 0.541. The maximum absolute atomic E-state index is 8.63. The highest BCUT2D eigenvalue weighted by Crippen LogP contribution is 2.23. The Labute approximate surface area is 118 Å². The number of hydrogen-bond acceptors (Lipinski definition) is 3. The van der Waals surface area contributed by atoms with E-state index in [4.69, 9.17) is 21.3 Å². The summed E-state index contributed by atoms with van der Waals surface area (Å²) in [4.78, 5) is 0. The van der Waals surface area contributed by atoms with Gasteiger partial charge in [0.1, 0.15) is 11.8 Å². The van der Waals surface area contributed by atoms with E-state index < -0.39 is 0 Å². The van der Waals surface area contributed by atoms with E-state index in [0.717, 1.165) is 15.0 Å². The van der Waals surface area contributed by atoms with Gasteiger partial charge in [0.15, 0.2) is 0 Å². The molecule has 2 rings (SSSR count). The summed E-state index contributed by atoms with van der Waals surface area (Å²) in [6, 6.07) is 11.0. The summed E-state index contributed by atoms with van der Waals surface area (Å²) in [5.41, 5.74) is 0.991. The fourth-order valence-corrected chi connectivity index (χ4v) is 2.41. The van der Waals surface area contributed by atoms with Gasteiger partial charge in [0.2, 0.25) is 5.76 Å². The van der Waals surface area contributed by atoms with Gasteiger partial charge in [0.25, 0.3) is 0 Å². The smallest absolute Gasteiger partial charge is 0.203 e. The number of hydrogen-bond donors (Lipinski definition) is 1. The van der Waals surface area contributed by atoms with Gasteiger partial charge in [0, 0.05) is 14.3 Å². The number of benzene rings is 1. The molecule has 1 N–H and O–H groups in total. The van der Waals surface area contributed by atoms with Crippen LogP contribution in [0.5, 0.6) is 0 Å². The van der Waals surface area contributed by atoms with Gasteiger partial charge in [-0.1, -0.05) is 11.6 Å². The standard InChI is InChI=1S/C12H8ClIN2O/c13-8-1-4-12(11(14)5-8)16-7-10-3-2-9(6-15)17-10/h1-5,16H,7H2. The normalized spacial score (nSPS) is 9.94. The van der Waals surface area contributed by atoms with Crippen molar-refractivity contribution < 1.29 is 4.42 Å². The first kappa shape index (κ1) is 12.3. The van der Waals surface area contributed by atoms with E-state index in [0.29, 0.717) is 17.3 Å². The fraction of sp³-hybridized carbons (Fsp3) is 0.0833. The number of rotatable bonds is 3. The van der Waals surface area contributed by atoms with Gasteiger partial charge in [-0.15, -0.1) is 0 Å². The Kier molecular flexibility index (Phi) is 3.92. The lowest BCUT2D eigenvalue weighted by atomic mass is 10.3. The number of nitriles is 1. The molecular formula is C12H8ClIN2O. The zero-order valence-corrected chi connectivity index (χ0v) is 11.6. The average molecular weight is 359 g/mol. The number of halogens is 2. The Morgan fingerprint density at radius 3 is 2.82 bits per heavy atom. The minimum absolute atomic E-state index is 0.326. The second kappa shape index (κ2) is 5.43. The monoisotopic (exact) mass is 358 g/mol. The van der Waals surface area contributed by atoms with E-state index in [1.807, 2.05) is 24.3 Å². The molecule has 0 bridgehead atoms. The lowest BCUT2D eigenvalue weighted by Gasteiger charge is -2.06. The highest BCUT2D eigenvalue weighted by Gasteiger charge is 2.03. The second-order valence-corrected chi connectivity index (χ2v) is 4.95. The topological polar surface area (TPSA) is 49.0 Å². The van der Waals surface area contributed by atoms with Crippen LogP contribution in [0.25, 0.3) is 0 Å². The van der Waals surface area contributed by atoms with Crippen molar-refractivity contribution in [2.45, 2.75) is 6.54 Å². The molecule has 0 aliphatic carbocycles. The Bertz CT molecular complexity index is 574. The molecule has 0 saturated carbocycles. The molecule has 0 unspecified atom stereocenters. The van der Waals surface area contributed by atoms with Crippen LogP contribution in [0.1, 0.15) is 11.5 Å². The van der Waals surface area contributed by atoms with Crippen molar-refractivity contribution in [3.05, 3.63) is 50.4 Å². The largest absolute Gasteiger partial charge is 0.449 e. The van der Waals surface area contributed by atoms with Gasteiger partial charge in [-0.2, -0.15) is 5.26 Å². The van der Waals surface area contributed by atoms with Crippen LogP contribution in [-0.2, 0) is 6.54 Å². The van der Waals surface area contributed by atoms with Gasteiger partial charge in [-0.3, -0.25) is 0 Å². The van der Waals surface area contributed by atoms with Gasteiger partial charge in [-0.05, 0) is 52.9 Å². The molecule has 0 aliphatic heterocycles. The van der Waals surface area contributed by atoms with E-state index >= 15 is 0 Å². The van der Waals surface area contributed by atoms with Crippen molar-refractivity contribution in [3.63, 3.8) is 0 Å². The first-order valence-corrected chi connectivity index (χ1v) is 6.32. The average Bonchev–Trinajstić information content (AvgIpc) is 2.76. The van der Waals surface area contributed by atoms with Gasteiger partial charge in [-0.25, -0.2) is 0 Å². The van der Waals surface area contributed by atoms with Crippen molar-refractivity contribution in [2.24, 2.45) is 0 Å². The Morgan fingerprint density at radius 1 is 1.35 bits per heavy atom. The molecule has 0 saturated heterocycles. The molecule has 1 aromatic heterocycles.